The predicted octanol–water partition coefficient (Wildman–Crippen LogP) is 4.50. The molecule has 2 atom stereocenters. The molecule has 6 nitrogen and oxygen atoms in total. The lowest BCUT2D eigenvalue weighted by atomic mass is 9.52. The molecule has 0 aliphatic heterocycles. The molecule has 2 N–H and O–H groups in total. The molecule has 166 valence electrons. The van der Waals surface area contributed by atoms with Gasteiger partial charge in [-0.05, 0) is 48.1 Å². The highest BCUT2D eigenvalue weighted by atomic mass is 16.5. The fourth-order valence-corrected chi connectivity index (χ4v) is 5.55. The summed E-state index contributed by atoms with van der Waals surface area (Å²) in [4.78, 5) is 37.6. The molecular formula is C26H26O6. The number of aliphatic carboxylic acids is 2. The van der Waals surface area contributed by atoms with Gasteiger partial charge in [-0.1, -0.05) is 55.8 Å². The average molecular weight is 434 g/mol. The first-order valence-electron chi connectivity index (χ1n) is 10.8. The molecule has 32 heavy (non-hydrogen) atoms. The number of rotatable bonds is 8. The second kappa shape index (κ2) is 8.26. The maximum Gasteiger partial charge on any atom is 0.318 e. The van der Waals surface area contributed by atoms with Gasteiger partial charge in [0, 0.05) is 12.0 Å². The lowest BCUT2D eigenvalue weighted by molar-refractivity contribution is -0.183. The van der Waals surface area contributed by atoms with E-state index < -0.39 is 28.6 Å². The number of ether oxygens (including phenoxy) is 1. The number of allylic oxidation sites excluding steroid dienone is 1. The third kappa shape index (κ3) is 3.13. The van der Waals surface area contributed by atoms with Crippen molar-refractivity contribution >= 4 is 17.7 Å². The van der Waals surface area contributed by atoms with Crippen molar-refractivity contribution in [3.63, 3.8) is 0 Å². The summed E-state index contributed by atoms with van der Waals surface area (Å²) >= 11 is 0. The Kier molecular flexibility index (Phi) is 5.63. The molecule has 4 rings (SSSR count). The Morgan fingerprint density at radius 1 is 0.969 bits per heavy atom. The van der Waals surface area contributed by atoms with E-state index in [4.69, 9.17) is 4.74 Å². The fraction of sp³-hybridized carbons (Fsp3) is 0.346. The number of ketones is 1. The quantitative estimate of drug-likeness (QED) is 0.400. The van der Waals surface area contributed by atoms with Gasteiger partial charge in [-0.3, -0.25) is 14.4 Å². The standard InChI is InChI=1S/C26H26O6/c1-2-22(27)26(24(30)31)13-6-5-12-25(26,23(28)29)14-15-32-21-11-7-10-19-18-9-4-3-8-17(18)16-20(19)21/h2-4,7-11H,1,5-6,12-16H2,(H,28,29)(H,30,31). The van der Waals surface area contributed by atoms with Crippen molar-refractivity contribution < 1.29 is 29.3 Å². The Bertz CT molecular complexity index is 1100. The van der Waals surface area contributed by atoms with Crippen molar-refractivity contribution in [1.82, 2.24) is 0 Å². The van der Waals surface area contributed by atoms with E-state index in [1.807, 2.05) is 30.3 Å². The number of carbonyl (C=O) groups excluding carboxylic acids is 1. The lowest BCUT2D eigenvalue weighted by Crippen LogP contribution is -2.59. The van der Waals surface area contributed by atoms with E-state index in [1.54, 1.807) is 0 Å². The highest BCUT2D eigenvalue weighted by molar-refractivity contribution is 6.12. The van der Waals surface area contributed by atoms with Crippen LogP contribution in [0.1, 0.15) is 43.2 Å². The summed E-state index contributed by atoms with van der Waals surface area (Å²) in [5.41, 5.74) is 0.706. The Balaban J connectivity index is 1.62. The summed E-state index contributed by atoms with van der Waals surface area (Å²) in [6.07, 6.45) is 2.70. The second-order valence-corrected chi connectivity index (χ2v) is 8.59. The van der Waals surface area contributed by atoms with Gasteiger partial charge in [0.25, 0.3) is 0 Å². The van der Waals surface area contributed by atoms with E-state index in [0.29, 0.717) is 18.6 Å². The van der Waals surface area contributed by atoms with Crippen molar-refractivity contribution in [3.05, 3.63) is 66.2 Å². The van der Waals surface area contributed by atoms with Gasteiger partial charge >= 0.3 is 11.9 Å². The predicted molar refractivity (Wildman–Crippen MR) is 119 cm³/mol. The van der Waals surface area contributed by atoms with Crippen LogP contribution in [0.3, 0.4) is 0 Å². The van der Waals surface area contributed by atoms with Gasteiger partial charge < -0.3 is 14.9 Å². The number of carboxylic acids is 2. The molecule has 0 heterocycles. The zero-order valence-electron chi connectivity index (χ0n) is 17.8. The molecular weight excluding hydrogens is 408 g/mol. The van der Waals surface area contributed by atoms with Gasteiger partial charge in [0.1, 0.15) is 11.2 Å². The molecule has 1 fully saturated rings. The minimum absolute atomic E-state index is 0.00144. The number of hydrogen-bond donors (Lipinski definition) is 2. The monoisotopic (exact) mass is 434 g/mol. The second-order valence-electron chi connectivity index (χ2n) is 8.59. The first-order chi connectivity index (χ1) is 15.4. The van der Waals surface area contributed by atoms with Crippen molar-refractivity contribution in [2.75, 3.05) is 6.61 Å². The third-order valence-electron chi connectivity index (χ3n) is 7.20. The van der Waals surface area contributed by atoms with E-state index in [2.05, 4.69) is 18.7 Å². The lowest BCUT2D eigenvalue weighted by Gasteiger charge is -2.46. The zero-order valence-corrected chi connectivity index (χ0v) is 17.8. The summed E-state index contributed by atoms with van der Waals surface area (Å²) in [6, 6.07) is 13.9. The fourth-order valence-electron chi connectivity index (χ4n) is 5.55. The van der Waals surface area contributed by atoms with Crippen LogP contribution in [0.5, 0.6) is 5.75 Å². The van der Waals surface area contributed by atoms with E-state index in [9.17, 15) is 24.6 Å². The van der Waals surface area contributed by atoms with Crippen LogP contribution < -0.4 is 4.74 Å². The van der Waals surface area contributed by atoms with Crippen LogP contribution >= 0.6 is 0 Å². The maximum absolute atomic E-state index is 12.8. The van der Waals surface area contributed by atoms with E-state index in [-0.39, 0.29) is 25.9 Å². The molecule has 0 bridgehead atoms. The van der Waals surface area contributed by atoms with Crippen LogP contribution in [0.4, 0.5) is 0 Å². The first-order valence-corrected chi connectivity index (χ1v) is 10.8. The van der Waals surface area contributed by atoms with Gasteiger partial charge in [-0.15, -0.1) is 0 Å². The Hall–Kier alpha value is -3.41. The van der Waals surface area contributed by atoms with E-state index >= 15 is 0 Å². The van der Waals surface area contributed by atoms with Crippen LogP contribution in [0.25, 0.3) is 11.1 Å². The maximum atomic E-state index is 12.8. The van der Waals surface area contributed by atoms with Gasteiger partial charge in [-0.2, -0.15) is 0 Å². The number of carbonyl (C=O) groups is 3. The summed E-state index contributed by atoms with van der Waals surface area (Å²) < 4.78 is 6.05. The first kappa shape index (κ1) is 21.8. The number of hydrogen-bond acceptors (Lipinski definition) is 4. The summed E-state index contributed by atoms with van der Waals surface area (Å²) in [7, 11) is 0. The molecule has 0 radical (unpaired) electrons. The van der Waals surface area contributed by atoms with Crippen LogP contribution in [-0.2, 0) is 20.8 Å². The van der Waals surface area contributed by atoms with Crippen molar-refractivity contribution in [3.8, 4) is 16.9 Å². The van der Waals surface area contributed by atoms with Gasteiger partial charge in [0.2, 0.25) is 0 Å². The molecule has 2 aromatic carbocycles. The molecule has 2 unspecified atom stereocenters. The molecule has 2 aliphatic rings. The highest BCUT2D eigenvalue weighted by Crippen LogP contribution is 2.54. The van der Waals surface area contributed by atoms with E-state index in [0.717, 1.165) is 29.2 Å². The van der Waals surface area contributed by atoms with Gasteiger partial charge in [0.15, 0.2) is 5.78 Å². The summed E-state index contributed by atoms with van der Waals surface area (Å²) in [6.45, 7) is 3.44. The van der Waals surface area contributed by atoms with Crippen LogP contribution in [0.2, 0.25) is 0 Å². The molecule has 2 aliphatic carbocycles. The van der Waals surface area contributed by atoms with Crippen molar-refractivity contribution in [2.24, 2.45) is 10.8 Å². The van der Waals surface area contributed by atoms with Crippen molar-refractivity contribution in [1.29, 1.82) is 0 Å². The Labute approximate surface area is 186 Å². The van der Waals surface area contributed by atoms with Crippen LogP contribution in [-0.4, -0.2) is 34.5 Å². The van der Waals surface area contributed by atoms with E-state index in [1.165, 1.54) is 5.56 Å². The molecule has 1 saturated carbocycles. The molecule has 2 aromatic rings. The largest absolute Gasteiger partial charge is 0.493 e. The highest BCUT2D eigenvalue weighted by Gasteiger charge is 2.65. The van der Waals surface area contributed by atoms with Crippen LogP contribution in [0, 0.1) is 10.8 Å². The molecule has 0 aromatic heterocycles. The normalized spacial score (nSPS) is 23.6. The molecule has 0 spiro atoms. The minimum Gasteiger partial charge on any atom is -0.493 e. The molecule has 0 saturated heterocycles. The zero-order chi connectivity index (χ0) is 22.9. The van der Waals surface area contributed by atoms with Crippen LogP contribution in [0.15, 0.2) is 55.1 Å². The SMILES string of the molecule is C=CC(=O)C1(C(=O)O)CCCCC1(CCOc1cccc2c1Cc1ccccc1-2)C(=O)O. The molecule has 6 heteroatoms. The van der Waals surface area contributed by atoms with Gasteiger partial charge in [0.05, 0.1) is 12.0 Å². The number of benzene rings is 2. The third-order valence-corrected chi connectivity index (χ3v) is 7.20. The number of fused-ring (bicyclic) bond motifs is 3. The number of carboxylic acid groups (broad SMARTS) is 2. The molecule has 0 amide bonds. The topological polar surface area (TPSA) is 101 Å². The Morgan fingerprint density at radius 3 is 2.41 bits per heavy atom. The smallest absolute Gasteiger partial charge is 0.318 e. The minimum atomic E-state index is -2.03. The summed E-state index contributed by atoms with van der Waals surface area (Å²) in [5, 5.41) is 20.2. The van der Waals surface area contributed by atoms with Gasteiger partial charge in [-0.25, -0.2) is 0 Å². The Morgan fingerprint density at radius 2 is 1.69 bits per heavy atom. The average Bonchev–Trinajstić information content (AvgIpc) is 3.18. The summed E-state index contributed by atoms with van der Waals surface area (Å²) in [5.74, 6) is -2.76. The van der Waals surface area contributed by atoms with Crippen molar-refractivity contribution in [2.45, 2.75) is 38.5 Å².